The summed E-state index contributed by atoms with van der Waals surface area (Å²) in [5.41, 5.74) is 3.81. The molecule has 1 amide bonds. The molecule has 100 valence electrons. The first kappa shape index (κ1) is 12.3. The molecule has 0 saturated carbocycles. The topological polar surface area (TPSA) is 83.6 Å². The van der Waals surface area contributed by atoms with Gasteiger partial charge in [0.25, 0.3) is 5.91 Å². The van der Waals surface area contributed by atoms with Crippen LogP contribution in [0.3, 0.4) is 0 Å². The van der Waals surface area contributed by atoms with E-state index >= 15 is 0 Å². The number of fused-ring (bicyclic) bond motifs is 1. The second kappa shape index (κ2) is 4.73. The Bertz CT molecular complexity index is 773. The molecule has 0 aliphatic carbocycles. The number of aromatic amines is 1. The SMILES string of the molecule is Cc1cc(C)nc(NC(=O)c2ccc3nc[nH]c3c2)n1. The van der Waals surface area contributed by atoms with Gasteiger partial charge in [0.05, 0.1) is 17.4 Å². The molecular weight excluding hydrogens is 254 g/mol. The van der Waals surface area contributed by atoms with E-state index in [0.29, 0.717) is 11.5 Å². The van der Waals surface area contributed by atoms with E-state index in [4.69, 9.17) is 0 Å². The highest BCUT2D eigenvalue weighted by Crippen LogP contribution is 2.13. The van der Waals surface area contributed by atoms with Gasteiger partial charge in [-0.2, -0.15) is 0 Å². The number of aromatic nitrogens is 4. The van der Waals surface area contributed by atoms with E-state index in [9.17, 15) is 4.79 Å². The normalized spacial score (nSPS) is 10.7. The number of amides is 1. The lowest BCUT2D eigenvalue weighted by atomic mass is 10.2. The molecule has 3 aromatic rings. The summed E-state index contributed by atoms with van der Waals surface area (Å²) in [4.78, 5) is 27.6. The monoisotopic (exact) mass is 267 g/mol. The first-order valence-corrected chi connectivity index (χ1v) is 6.18. The molecule has 1 aromatic carbocycles. The Morgan fingerprint density at radius 3 is 2.65 bits per heavy atom. The van der Waals surface area contributed by atoms with Crippen LogP contribution in [0, 0.1) is 13.8 Å². The number of anilines is 1. The molecule has 2 heterocycles. The fourth-order valence-corrected chi connectivity index (χ4v) is 2.03. The van der Waals surface area contributed by atoms with Crippen LogP contribution in [-0.4, -0.2) is 25.8 Å². The van der Waals surface area contributed by atoms with Crippen molar-refractivity contribution in [3.05, 3.63) is 47.5 Å². The van der Waals surface area contributed by atoms with Crippen molar-refractivity contribution in [1.82, 2.24) is 19.9 Å². The molecule has 0 atom stereocenters. The Labute approximate surface area is 115 Å². The predicted molar refractivity (Wildman–Crippen MR) is 75.6 cm³/mol. The van der Waals surface area contributed by atoms with E-state index in [1.54, 1.807) is 24.5 Å². The number of carbonyl (C=O) groups excluding carboxylic acids is 1. The van der Waals surface area contributed by atoms with Gasteiger partial charge in [-0.1, -0.05) is 0 Å². The summed E-state index contributed by atoms with van der Waals surface area (Å²) in [6, 6.07) is 7.12. The van der Waals surface area contributed by atoms with Crippen LogP contribution in [0.4, 0.5) is 5.95 Å². The Morgan fingerprint density at radius 2 is 1.90 bits per heavy atom. The van der Waals surface area contributed by atoms with Crippen LogP contribution < -0.4 is 5.32 Å². The molecule has 6 nitrogen and oxygen atoms in total. The van der Waals surface area contributed by atoms with Crippen molar-refractivity contribution in [2.45, 2.75) is 13.8 Å². The number of benzene rings is 1. The van der Waals surface area contributed by atoms with Gasteiger partial charge in [-0.05, 0) is 38.1 Å². The number of nitrogens with one attached hydrogen (secondary N) is 2. The van der Waals surface area contributed by atoms with Gasteiger partial charge in [-0.25, -0.2) is 15.0 Å². The Kier molecular flexibility index (Phi) is 2.90. The van der Waals surface area contributed by atoms with Gasteiger partial charge in [-0.3, -0.25) is 10.1 Å². The first-order valence-electron chi connectivity index (χ1n) is 6.18. The highest BCUT2D eigenvalue weighted by molar-refractivity contribution is 6.05. The average molecular weight is 267 g/mol. The lowest BCUT2D eigenvalue weighted by Crippen LogP contribution is -2.14. The van der Waals surface area contributed by atoms with Crippen molar-refractivity contribution < 1.29 is 4.79 Å². The summed E-state index contributed by atoms with van der Waals surface area (Å²) in [5.74, 6) is 0.0729. The second-order valence-electron chi connectivity index (χ2n) is 4.56. The minimum Gasteiger partial charge on any atom is -0.345 e. The molecular formula is C14H13N5O. The summed E-state index contributed by atoms with van der Waals surface area (Å²) in [5, 5.41) is 2.70. The maximum absolute atomic E-state index is 12.2. The quantitative estimate of drug-likeness (QED) is 0.745. The van der Waals surface area contributed by atoms with Crippen molar-refractivity contribution in [2.24, 2.45) is 0 Å². The lowest BCUT2D eigenvalue weighted by Gasteiger charge is -2.05. The summed E-state index contributed by atoms with van der Waals surface area (Å²) in [6.45, 7) is 3.72. The smallest absolute Gasteiger partial charge is 0.258 e. The van der Waals surface area contributed by atoms with Crippen LogP contribution in [0.25, 0.3) is 11.0 Å². The number of carbonyl (C=O) groups is 1. The molecule has 2 aromatic heterocycles. The molecule has 0 unspecified atom stereocenters. The van der Waals surface area contributed by atoms with Crippen molar-refractivity contribution >= 4 is 22.9 Å². The molecule has 0 bridgehead atoms. The van der Waals surface area contributed by atoms with Crippen LogP contribution in [0.2, 0.25) is 0 Å². The van der Waals surface area contributed by atoms with E-state index < -0.39 is 0 Å². The van der Waals surface area contributed by atoms with Crippen molar-refractivity contribution in [2.75, 3.05) is 5.32 Å². The van der Waals surface area contributed by atoms with Crippen LogP contribution in [0.5, 0.6) is 0 Å². The molecule has 6 heteroatoms. The van der Waals surface area contributed by atoms with Crippen LogP contribution in [-0.2, 0) is 0 Å². The fraction of sp³-hybridized carbons (Fsp3) is 0.143. The molecule has 0 fully saturated rings. The predicted octanol–water partition coefficient (Wildman–Crippen LogP) is 2.22. The zero-order valence-electron chi connectivity index (χ0n) is 11.1. The number of hydrogen-bond donors (Lipinski definition) is 2. The lowest BCUT2D eigenvalue weighted by molar-refractivity contribution is 0.102. The van der Waals surface area contributed by atoms with Gasteiger partial charge in [-0.15, -0.1) is 0 Å². The van der Waals surface area contributed by atoms with Crippen LogP contribution >= 0.6 is 0 Å². The van der Waals surface area contributed by atoms with Crippen LogP contribution in [0.1, 0.15) is 21.7 Å². The number of rotatable bonds is 2. The fourth-order valence-electron chi connectivity index (χ4n) is 2.03. The zero-order valence-corrected chi connectivity index (χ0v) is 11.1. The Balaban J connectivity index is 1.88. The second-order valence-corrected chi connectivity index (χ2v) is 4.56. The van der Waals surface area contributed by atoms with Gasteiger partial charge in [0, 0.05) is 17.0 Å². The number of H-pyrrole nitrogens is 1. The summed E-state index contributed by atoms with van der Waals surface area (Å²) in [7, 11) is 0. The van der Waals surface area contributed by atoms with Crippen molar-refractivity contribution in [3.63, 3.8) is 0 Å². The molecule has 0 spiro atoms. The van der Waals surface area contributed by atoms with Crippen LogP contribution in [0.15, 0.2) is 30.6 Å². The molecule has 0 saturated heterocycles. The zero-order chi connectivity index (χ0) is 14.1. The van der Waals surface area contributed by atoms with Gasteiger partial charge in [0.2, 0.25) is 5.95 Å². The minimum absolute atomic E-state index is 0.244. The van der Waals surface area contributed by atoms with Crippen molar-refractivity contribution in [3.8, 4) is 0 Å². The van der Waals surface area contributed by atoms with E-state index in [2.05, 4.69) is 25.3 Å². The molecule has 20 heavy (non-hydrogen) atoms. The molecule has 0 aliphatic heterocycles. The molecule has 0 aliphatic rings. The number of nitrogens with zero attached hydrogens (tertiary/aromatic N) is 3. The minimum atomic E-state index is -0.244. The number of imidazole rings is 1. The maximum atomic E-state index is 12.2. The molecule has 0 radical (unpaired) electrons. The summed E-state index contributed by atoms with van der Waals surface area (Å²) >= 11 is 0. The third kappa shape index (κ3) is 2.35. The van der Waals surface area contributed by atoms with E-state index in [-0.39, 0.29) is 5.91 Å². The largest absolute Gasteiger partial charge is 0.345 e. The van der Waals surface area contributed by atoms with Gasteiger partial charge >= 0.3 is 0 Å². The highest BCUT2D eigenvalue weighted by atomic mass is 16.1. The standard InChI is InChI=1S/C14H13N5O/c1-8-5-9(2)18-14(17-8)19-13(20)10-3-4-11-12(6-10)16-7-15-11/h3-7H,1-2H3,(H,15,16)(H,17,18,19,20). The van der Waals surface area contributed by atoms with E-state index in [1.807, 2.05) is 19.9 Å². The maximum Gasteiger partial charge on any atom is 0.258 e. The third-order valence-electron chi connectivity index (χ3n) is 2.89. The van der Waals surface area contributed by atoms with Gasteiger partial charge < -0.3 is 4.98 Å². The third-order valence-corrected chi connectivity index (χ3v) is 2.89. The van der Waals surface area contributed by atoms with Crippen molar-refractivity contribution in [1.29, 1.82) is 0 Å². The van der Waals surface area contributed by atoms with E-state index in [0.717, 1.165) is 22.4 Å². The molecule has 3 rings (SSSR count). The number of aryl methyl sites for hydroxylation is 2. The summed E-state index contributed by atoms with van der Waals surface area (Å²) in [6.07, 6.45) is 1.60. The summed E-state index contributed by atoms with van der Waals surface area (Å²) < 4.78 is 0. The Hall–Kier alpha value is -2.76. The van der Waals surface area contributed by atoms with Gasteiger partial charge in [0.1, 0.15) is 0 Å². The number of hydrogen-bond acceptors (Lipinski definition) is 4. The first-order chi connectivity index (χ1) is 9.61. The molecule has 2 N–H and O–H groups in total. The van der Waals surface area contributed by atoms with E-state index in [1.165, 1.54) is 0 Å². The highest BCUT2D eigenvalue weighted by Gasteiger charge is 2.09. The Morgan fingerprint density at radius 1 is 1.15 bits per heavy atom. The average Bonchev–Trinajstić information content (AvgIpc) is 2.84. The van der Waals surface area contributed by atoms with Gasteiger partial charge in [0.15, 0.2) is 0 Å².